The van der Waals surface area contributed by atoms with E-state index in [1.165, 1.54) is 38.8 Å². The average Bonchev–Trinajstić information content (AvgIpc) is 2.57. The summed E-state index contributed by atoms with van der Waals surface area (Å²) < 4.78 is 0. The van der Waals surface area contributed by atoms with Crippen molar-refractivity contribution in [3.63, 3.8) is 0 Å². The smallest absolute Gasteiger partial charge is 0.0345 e. The van der Waals surface area contributed by atoms with E-state index in [1.54, 1.807) is 0 Å². The Kier molecular flexibility index (Phi) is 7.01. The predicted molar refractivity (Wildman–Crippen MR) is 70.7 cm³/mol. The van der Waals surface area contributed by atoms with Crippen molar-refractivity contribution in [1.82, 2.24) is 9.80 Å². The van der Waals surface area contributed by atoms with Gasteiger partial charge in [-0.15, -0.1) is 0 Å². The molecule has 1 unspecified atom stereocenters. The van der Waals surface area contributed by atoms with Crippen LogP contribution in [0.4, 0.5) is 0 Å². The molecule has 3 heteroatoms. The lowest BCUT2D eigenvalue weighted by molar-refractivity contribution is 0.154. The summed E-state index contributed by atoms with van der Waals surface area (Å²) in [4.78, 5) is 5.10. The molecule has 1 heterocycles. The van der Waals surface area contributed by atoms with E-state index in [-0.39, 0.29) is 0 Å². The van der Waals surface area contributed by atoms with Gasteiger partial charge in [-0.05, 0) is 39.0 Å². The molecule has 0 aliphatic carbocycles. The molecule has 0 bridgehead atoms. The molecular weight excluding hydrogens is 198 g/mol. The Morgan fingerprint density at radius 2 is 1.62 bits per heavy atom. The molecule has 0 aromatic heterocycles. The van der Waals surface area contributed by atoms with E-state index < -0.39 is 0 Å². The molecule has 1 fully saturated rings. The average molecular weight is 227 g/mol. The zero-order valence-corrected chi connectivity index (χ0v) is 11.1. The third-order valence-corrected chi connectivity index (χ3v) is 3.77. The van der Waals surface area contributed by atoms with Crippen LogP contribution >= 0.6 is 0 Å². The minimum atomic E-state index is 0.549. The summed E-state index contributed by atoms with van der Waals surface area (Å²) in [7, 11) is 0. The van der Waals surface area contributed by atoms with Gasteiger partial charge in [0.1, 0.15) is 0 Å². The van der Waals surface area contributed by atoms with E-state index in [9.17, 15) is 0 Å². The summed E-state index contributed by atoms with van der Waals surface area (Å²) in [6.45, 7) is 11.2. The van der Waals surface area contributed by atoms with Crippen LogP contribution in [-0.4, -0.2) is 55.1 Å². The molecule has 0 spiro atoms. The first-order valence-corrected chi connectivity index (χ1v) is 6.98. The molecule has 1 rings (SSSR count). The summed E-state index contributed by atoms with van der Waals surface area (Å²) in [6, 6.07) is 0.549. The van der Waals surface area contributed by atoms with Crippen LogP contribution in [0.25, 0.3) is 0 Å². The van der Waals surface area contributed by atoms with Crippen molar-refractivity contribution in [1.29, 1.82) is 0 Å². The van der Waals surface area contributed by atoms with E-state index in [0.29, 0.717) is 6.04 Å². The molecule has 1 saturated heterocycles. The van der Waals surface area contributed by atoms with Crippen LogP contribution in [0.2, 0.25) is 0 Å². The maximum absolute atomic E-state index is 5.91. The number of nitrogens with zero attached hydrogens (tertiary/aromatic N) is 2. The number of hydrogen-bond acceptors (Lipinski definition) is 3. The van der Waals surface area contributed by atoms with E-state index >= 15 is 0 Å². The third kappa shape index (κ3) is 4.40. The van der Waals surface area contributed by atoms with Crippen molar-refractivity contribution in [2.45, 2.75) is 45.6 Å². The largest absolute Gasteiger partial charge is 0.329 e. The van der Waals surface area contributed by atoms with Crippen molar-refractivity contribution in [2.75, 3.05) is 39.3 Å². The van der Waals surface area contributed by atoms with E-state index in [1.807, 2.05) is 0 Å². The fourth-order valence-corrected chi connectivity index (χ4v) is 2.70. The Balaban J connectivity index is 2.40. The molecule has 0 aromatic rings. The monoisotopic (exact) mass is 227 g/mol. The van der Waals surface area contributed by atoms with Gasteiger partial charge in [-0.2, -0.15) is 0 Å². The van der Waals surface area contributed by atoms with Gasteiger partial charge in [-0.1, -0.05) is 26.7 Å². The van der Waals surface area contributed by atoms with E-state index in [2.05, 4.69) is 23.6 Å². The minimum absolute atomic E-state index is 0.549. The molecule has 3 nitrogen and oxygen atoms in total. The van der Waals surface area contributed by atoms with Gasteiger partial charge in [-0.3, -0.25) is 4.90 Å². The van der Waals surface area contributed by atoms with Gasteiger partial charge in [-0.25, -0.2) is 0 Å². The van der Waals surface area contributed by atoms with E-state index in [0.717, 1.165) is 26.2 Å². The predicted octanol–water partition coefficient (Wildman–Crippen LogP) is 1.53. The number of likely N-dealkylation sites (tertiary alicyclic amines) is 1. The molecule has 0 saturated carbocycles. The molecule has 0 amide bonds. The second-order valence-electron chi connectivity index (χ2n) is 4.83. The van der Waals surface area contributed by atoms with Gasteiger partial charge in [0.2, 0.25) is 0 Å². The second kappa shape index (κ2) is 8.04. The summed E-state index contributed by atoms with van der Waals surface area (Å²) in [5.41, 5.74) is 5.91. The van der Waals surface area contributed by atoms with Gasteiger partial charge < -0.3 is 10.6 Å². The zero-order valence-electron chi connectivity index (χ0n) is 11.1. The van der Waals surface area contributed by atoms with Crippen molar-refractivity contribution >= 4 is 0 Å². The number of hydrogen-bond donors (Lipinski definition) is 1. The molecule has 2 N–H and O–H groups in total. The molecule has 1 aliphatic heterocycles. The molecule has 1 aliphatic rings. The highest BCUT2D eigenvalue weighted by Gasteiger charge is 2.18. The molecule has 16 heavy (non-hydrogen) atoms. The van der Waals surface area contributed by atoms with Crippen molar-refractivity contribution in [3.05, 3.63) is 0 Å². The Labute approximate surface area is 101 Å². The summed E-state index contributed by atoms with van der Waals surface area (Å²) in [6.07, 6.45) is 5.56. The lowest BCUT2D eigenvalue weighted by Gasteiger charge is -2.33. The standard InChI is InChI=1S/C13H29N3/c1-3-16(4-2)13(11-14)12-15-9-7-5-6-8-10-15/h13H,3-12,14H2,1-2H3. The lowest BCUT2D eigenvalue weighted by Crippen LogP contribution is -2.48. The SMILES string of the molecule is CCN(CC)C(CN)CN1CCCCCC1. The minimum Gasteiger partial charge on any atom is -0.329 e. The first kappa shape index (κ1) is 13.9. The number of nitrogens with two attached hydrogens (primary N) is 1. The van der Waals surface area contributed by atoms with Crippen molar-refractivity contribution < 1.29 is 0 Å². The molecule has 1 atom stereocenters. The lowest BCUT2D eigenvalue weighted by atomic mass is 10.2. The van der Waals surface area contributed by atoms with Crippen LogP contribution in [0.5, 0.6) is 0 Å². The molecule has 0 radical (unpaired) electrons. The van der Waals surface area contributed by atoms with Crippen molar-refractivity contribution in [2.24, 2.45) is 5.73 Å². The summed E-state index contributed by atoms with van der Waals surface area (Å²) in [5.74, 6) is 0. The van der Waals surface area contributed by atoms with Crippen LogP contribution in [0.15, 0.2) is 0 Å². The van der Waals surface area contributed by atoms with Crippen LogP contribution in [0.1, 0.15) is 39.5 Å². The fourth-order valence-electron chi connectivity index (χ4n) is 2.70. The second-order valence-corrected chi connectivity index (χ2v) is 4.83. The molecule has 96 valence electrons. The summed E-state index contributed by atoms with van der Waals surface area (Å²) >= 11 is 0. The zero-order chi connectivity index (χ0) is 11.8. The number of rotatable bonds is 6. The van der Waals surface area contributed by atoms with Gasteiger partial charge in [0.15, 0.2) is 0 Å². The Morgan fingerprint density at radius 1 is 1.06 bits per heavy atom. The first-order chi connectivity index (χ1) is 7.81. The van der Waals surface area contributed by atoms with Gasteiger partial charge in [0, 0.05) is 19.1 Å². The first-order valence-electron chi connectivity index (χ1n) is 6.98. The Hall–Kier alpha value is -0.120. The highest BCUT2D eigenvalue weighted by atomic mass is 15.2. The third-order valence-electron chi connectivity index (χ3n) is 3.77. The normalized spacial score (nSPS) is 21.0. The van der Waals surface area contributed by atoms with Gasteiger partial charge in [0.25, 0.3) is 0 Å². The topological polar surface area (TPSA) is 32.5 Å². The quantitative estimate of drug-likeness (QED) is 0.747. The van der Waals surface area contributed by atoms with Gasteiger partial charge in [0.05, 0.1) is 0 Å². The van der Waals surface area contributed by atoms with Crippen LogP contribution in [-0.2, 0) is 0 Å². The number of likely N-dealkylation sites (N-methyl/N-ethyl adjacent to an activating group) is 1. The van der Waals surface area contributed by atoms with Crippen molar-refractivity contribution in [3.8, 4) is 0 Å². The fraction of sp³-hybridized carbons (Fsp3) is 1.00. The van der Waals surface area contributed by atoms with Crippen LogP contribution < -0.4 is 5.73 Å². The van der Waals surface area contributed by atoms with Gasteiger partial charge >= 0.3 is 0 Å². The Morgan fingerprint density at radius 3 is 2.06 bits per heavy atom. The highest BCUT2D eigenvalue weighted by Crippen LogP contribution is 2.11. The Bertz CT molecular complexity index is 161. The van der Waals surface area contributed by atoms with Crippen LogP contribution in [0.3, 0.4) is 0 Å². The molecular formula is C13H29N3. The van der Waals surface area contributed by atoms with Crippen LogP contribution in [0, 0.1) is 0 Å². The van der Waals surface area contributed by atoms with E-state index in [4.69, 9.17) is 5.73 Å². The maximum Gasteiger partial charge on any atom is 0.0345 e. The highest BCUT2D eigenvalue weighted by molar-refractivity contribution is 4.76. The maximum atomic E-state index is 5.91. The molecule has 0 aromatic carbocycles. The summed E-state index contributed by atoms with van der Waals surface area (Å²) in [5, 5.41) is 0.